The average Bonchev–Trinajstić information content (AvgIpc) is 3.61. The highest BCUT2D eigenvalue weighted by molar-refractivity contribution is 7.52. The van der Waals surface area contributed by atoms with Crippen LogP contribution in [0.1, 0.15) is 72.1 Å². The molecule has 3 heterocycles. The maximum Gasteiger partial charge on any atom is 0.459 e. The number of aromatic nitrogens is 4. The number of benzene rings is 1. The molecular formula is C33H47N6O8P. The van der Waals surface area contributed by atoms with E-state index >= 15 is 0 Å². The number of anilines is 1. The highest BCUT2D eigenvalue weighted by atomic mass is 31.2. The van der Waals surface area contributed by atoms with Crippen LogP contribution in [0.15, 0.2) is 47.0 Å². The molecule has 1 saturated carbocycles. The third kappa shape index (κ3) is 9.32. The van der Waals surface area contributed by atoms with E-state index in [1.807, 2.05) is 6.07 Å². The van der Waals surface area contributed by atoms with E-state index in [2.05, 4.69) is 33.9 Å². The fourth-order valence-electron chi connectivity index (χ4n) is 5.79. The smallest absolute Gasteiger partial charge is 0.459 e. The highest BCUT2D eigenvalue weighted by Crippen LogP contribution is 2.57. The number of H-pyrrole nitrogens is 1. The Hall–Kier alpha value is -3.55. The zero-order valence-corrected chi connectivity index (χ0v) is 28.8. The second-order valence-corrected chi connectivity index (χ2v) is 14.3. The Balaban J connectivity index is 1.35. The van der Waals surface area contributed by atoms with Crippen LogP contribution in [-0.4, -0.2) is 64.2 Å². The molecule has 14 nitrogen and oxygen atoms in total. The van der Waals surface area contributed by atoms with Gasteiger partial charge in [0.1, 0.15) is 18.1 Å². The van der Waals surface area contributed by atoms with E-state index in [0.717, 1.165) is 50.5 Å². The molecular weight excluding hydrogens is 639 g/mol. The molecule has 1 saturated heterocycles. The normalized spacial score (nSPS) is 22.1. The minimum absolute atomic E-state index is 0.0280. The minimum atomic E-state index is -4.14. The molecule has 2 aromatic heterocycles. The zero-order valence-electron chi connectivity index (χ0n) is 27.9. The first-order valence-corrected chi connectivity index (χ1v) is 18.3. The van der Waals surface area contributed by atoms with Gasteiger partial charge in [-0.15, -0.1) is 0 Å². The summed E-state index contributed by atoms with van der Waals surface area (Å²) >= 11 is 0. The van der Waals surface area contributed by atoms with Crippen LogP contribution in [0.5, 0.6) is 5.75 Å². The molecule has 0 bridgehead atoms. The molecule has 3 aromatic rings. The third-order valence-electron chi connectivity index (χ3n) is 8.55. The summed E-state index contributed by atoms with van der Waals surface area (Å²) in [6, 6.07) is 7.66. The van der Waals surface area contributed by atoms with Gasteiger partial charge in [-0.25, -0.2) is 9.55 Å². The molecule has 15 heteroatoms. The number of ether oxygens (including phenoxy) is 3. The number of hydrogen-bond donors (Lipinski definition) is 3. The van der Waals surface area contributed by atoms with Crippen LogP contribution in [0.2, 0.25) is 0 Å². The summed E-state index contributed by atoms with van der Waals surface area (Å²) in [7, 11) is -4.14. The fourth-order valence-corrected chi connectivity index (χ4v) is 7.37. The summed E-state index contributed by atoms with van der Waals surface area (Å²) in [5, 5.41) is 2.81. The van der Waals surface area contributed by atoms with Gasteiger partial charge in [0.15, 0.2) is 17.5 Å². The number of para-hydroxylation sites is 1. The zero-order chi connectivity index (χ0) is 34.1. The molecule has 262 valence electrons. The van der Waals surface area contributed by atoms with Crippen LogP contribution in [0, 0.1) is 11.3 Å². The number of fused-ring (bicyclic) bond motifs is 1. The first-order chi connectivity index (χ1) is 23.1. The van der Waals surface area contributed by atoms with Crippen molar-refractivity contribution in [1.29, 1.82) is 0 Å². The Morgan fingerprint density at radius 3 is 2.71 bits per heavy atom. The molecule has 2 fully saturated rings. The second kappa shape index (κ2) is 16.2. The van der Waals surface area contributed by atoms with E-state index in [9.17, 15) is 14.2 Å². The number of nitrogens with zero attached hydrogens (tertiary/aromatic N) is 3. The maximum atomic E-state index is 14.4. The lowest BCUT2D eigenvalue weighted by molar-refractivity contribution is -0.171. The van der Waals surface area contributed by atoms with Gasteiger partial charge in [-0.05, 0) is 69.1 Å². The van der Waals surface area contributed by atoms with E-state index in [0.29, 0.717) is 31.0 Å². The molecule has 2 aliphatic rings. The summed E-state index contributed by atoms with van der Waals surface area (Å²) in [5.41, 5.74) is 5.98. The number of carbonyl (C=O) groups excluding carboxylic acids is 1. The van der Waals surface area contributed by atoms with Gasteiger partial charge >= 0.3 is 13.7 Å². The fraction of sp³-hybridized carbons (Fsp3) is 0.576. The number of rotatable bonds is 18. The monoisotopic (exact) mass is 686 g/mol. The lowest BCUT2D eigenvalue weighted by Crippen LogP contribution is -2.36. The van der Waals surface area contributed by atoms with Crippen molar-refractivity contribution >= 4 is 37.0 Å². The summed E-state index contributed by atoms with van der Waals surface area (Å²) in [6.07, 6.45) is 10.1. The molecule has 1 aliphatic carbocycles. The van der Waals surface area contributed by atoms with Gasteiger partial charge in [0, 0.05) is 18.2 Å². The van der Waals surface area contributed by atoms with Gasteiger partial charge in [-0.3, -0.25) is 23.7 Å². The number of nitrogens with one attached hydrogen (secondary N) is 2. The Labute approximate surface area is 280 Å². The third-order valence-corrected chi connectivity index (χ3v) is 10.2. The first-order valence-electron chi connectivity index (χ1n) is 16.7. The summed E-state index contributed by atoms with van der Waals surface area (Å²) in [5.74, 6) is 0.0114. The first kappa shape index (κ1) is 35.7. The predicted molar refractivity (Wildman–Crippen MR) is 181 cm³/mol. The van der Waals surface area contributed by atoms with E-state index in [1.54, 1.807) is 42.0 Å². The predicted octanol–water partition coefficient (Wildman–Crippen LogP) is 5.42. The van der Waals surface area contributed by atoms with E-state index in [4.69, 9.17) is 29.0 Å². The number of nitrogen functional groups attached to an aromatic ring is 1. The number of carbonyl (C=O) groups is 1. The quantitative estimate of drug-likeness (QED) is 0.114. The standard InChI is InChI=1S/C33H47N6O8P/c1-4-11-24(12-5-2)19-44-31(41)23(3)38-48(42,47-26-13-7-6-8-14-26)46-21-33(20-45-27-15-9-10-16-43-27)17-25(33)18-39-22-35-28-29(39)36-32(34)37-30(28)40/h6-8,13-14,18,22-24,27H,4-5,9-12,15-17,19-21H2,1-3H3,(H,38,42)(H3,34,36,37,40)/b25-18-/t23-,27-,33-,48-/m0/s1. The Morgan fingerprint density at radius 2 is 2.00 bits per heavy atom. The van der Waals surface area contributed by atoms with Crippen LogP contribution in [0.25, 0.3) is 17.4 Å². The summed E-state index contributed by atoms with van der Waals surface area (Å²) < 4.78 is 45.7. The van der Waals surface area contributed by atoms with Crippen molar-refractivity contribution in [2.24, 2.45) is 11.3 Å². The van der Waals surface area contributed by atoms with Crippen LogP contribution in [0.4, 0.5) is 5.95 Å². The Kier molecular flexibility index (Phi) is 12.1. The van der Waals surface area contributed by atoms with Crippen molar-refractivity contribution in [2.45, 2.75) is 84.5 Å². The SMILES string of the molecule is CCCC(CCC)COC(=O)[C@H](C)N[P@](=O)(OC[C@@]1(CO[C@H]2CCCCO2)C/C1=C/n1cnc2c(=O)[nH]c(N)nc21)Oc1ccccc1. The van der Waals surface area contributed by atoms with Crippen LogP contribution in [0.3, 0.4) is 0 Å². The Morgan fingerprint density at radius 1 is 1.23 bits per heavy atom. The van der Waals surface area contributed by atoms with Crippen LogP contribution < -0.4 is 20.9 Å². The number of hydrogen-bond acceptors (Lipinski definition) is 11. The number of esters is 1. The highest BCUT2D eigenvalue weighted by Gasteiger charge is 2.52. The molecule has 0 amide bonds. The maximum absolute atomic E-state index is 14.4. The lowest BCUT2D eigenvalue weighted by atomic mass is 9.99. The lowest BCUT2D eigenvalue weighted by Gasteiger charge is -2.27. The van der Waals surface area contributed by atoms with E-state index in [1.165, 1.54) is 6.33 Å². The van der Waals surface area contributed by atoms with Gasteiger partial charge in [0.05, 0.1) is 19.8 Å². The van der Waals surface area contributed by atoms with E-state index in [-0.39, 0.29) is 36.9 Å². The minimum Gasteiger partial charge on any atom is -0.464 e. The van der Waals surface area contributed by atoms with Gasteiger partial charge in [0.2, 0.25) is 5.95 Å². The van der Waals surface area contributed by atoms with Crippen molar-refractivity contribution in [3.63, 3.8) is 0 Å². The molecule has 5 rings (SSSR count). The second-order valence-electron chi connectivity index (χ2n) is 12.6. The molecule has 4 atom stereocenters. The molecule has 1 aliphatic heterocycles. The van der Waals surface area contributed by atoms with Gasteiger partial charge < -0.3 is 24.5 Å². The average molecular weight is 687 g/mol. The van der Waals surface area contributed by atoms with E-state index < -0.39 is 30.7 Å². The van der Waals surface area contributed by atoms with Crippen LogP contribution in [-0.2, 0) is 28.1 Å². The van der Waals surface area contributed by atoms with Gasteiger partial charge in [-0.2, -0.15) is 10.1 Å². The summed E-state index contributed by atoms with van der Waals surface area (Å²) in [4.78, 5) is 36.3. The van der Waals surface area contributed by atoms with Gasteiger partial charge in [0.25, 0.3) is 5.56 Å². The summed E-state index contributed by atoms with van der Waals surface area (Å²) in [6.45, 7) is 6.85. The molecule has 0 unspecified atom stereocenters. The molecule has 48 heavy (non-hydrogen) atoms. The van der Waals surface area contributed by atoms with Crippen LogP contribution >= 0.6 is 7.75 Å². The van der Waals surface area contributed by atoms with Gasteiger partial charge in [-0.1, -0.05) is 44.9 Å². The van der Waals surface area contributed by atoms with Crippen molar-refractivity contribution < 1.29 is 32.6 Å². The number of nitrogens with two attached hydrogens (primary N) is 1. The molecule has 4 N–H and O–H groups in total. The largest absolute Gasteiger partial charge is 0.464 e. The molecule has 0 radical (unpaired) electrons. The van der Waals surface area contributed by atoms with Crippen molar-refractivity contribution in [3.05, 3.63) is 52.6 Å². The topological polar surface area (TPSA) is 182 Å². The Bertz CT molecular complexity index is 1650. The van der Waals surface area contributed by atoms with Crippen molar-refractivity contribution in [2.75, 3.05) is 32.2 Å². The number of imidazole rings is 1. The molecule has 1 aromatic carbocycles. The van der Waals surface area contributed by atoms with Crippen molar-refractivity contribution in [1.82, 2.24) is 24.6 Å². The van der Waals surface area contributed by atoms with Crippen molar-refractivity contribution in [3.8, 4) is 5.75 Å². The molecule has 0 spiro atoms. The number of aromatic amines is 1.